The Kier molecular flexibility index (Phi) is 4.90. The molecule has 0 aliphatic rings. The van der Waals surface area contributed by atoms with Gasteiger partial charge in [-0.3, -0.25) is 4.79 Å². The highest BCUT2D eigenvalue weighted by Gasteiger charge is 2.08. The highest BCUT2D eigenvalue weighted by atomic mass is 19.1. The van der Waals surface area contributed by atoms with E-state index in [2.05, 4.69) is 0 Å². The Morgan fingerprint density at radius 3 is 2.76 bits per heavy atom. The molecule has 1 N–H and O–H groups in total. The van der Waals surface area contributed by atoms with E-state index in [9.17, 15) is 9.18 Å². The molecule has 1 rings (SSSR count). The Bertz CT molecular complexity index is 395. The van der Waals surface area contributed by atoms with Crippen LogP contribution >= 0.6 is 0 Å². The van der Waals surface area contributed by atoms with Gasteiger partial charge in [0.05, 0.1) is 13.5 Å². The first-order valence-electron chi connectivity index (χ1n) is 5.25. The summed E-state index contributed by atoms with van der Waals surface area (Å²) in [7, 11) is 3.24. The lowest BCUT2D eigenvalue weighted by atomic mass is 10.2. The van der Waals surface area contributed by atoms with Crippen LogP contribution in [0.5, 0.6) is 5.75 Å². The second-order valence-corrected chi connectivity index (χ2v) is 3.84. The predicted octanol–water partition coefficient (Wildman–Crippen LogP) is 1.74. The van der Waals surface area contributed by atoms with E-state index in [4.69, 9.17) is 9.84 Å². The molecule has 17 heavy (non-hydrogen) atoms. The molecule has 0 saturated carbocycles. The number of halogens is 1. The van der Waals surface area contributed by atoms with Gasteiger partial charge in [-0.25, -0.2) is 4.39 Å². The van der Waals surface area contributed by atoms with Crippen LogP contribution in [0.1, 0.15) is 12.0 Å². The summed E-state index contributed by atoms with van der Waals surface area (Å²) >= 11 is 0. The third kappa shape index (κ3) is 4.40. The Labute approximate surface area is 99.6 Å². The van der Waals surface area contributed by atoms with Crippen LogP contribution in [0.3, 0.4) is 0 Å². The normalized spacial score (nSPS) is 10.6. The smallest absolute Gasteiger partial charge is 0.304 e. The molecule has 1 aromatic rings. The van der Waals surface area contributed by atoms with Gasteiger partial charge in [-0.1, -0.05) is 6.07 Å². The minimum absolute atomic E-state index is 0.0499. The number of hydrogen-bond acceptors (Lipinski definition) is 3. The topological polar surface area (TPSA) is 49.8 Å². The van der Waals surface area contributed by atoms with E-state index in [1.807, 2.05) is 0 Å². The number of hydrogen-bond donors (Lipinski definition) is 1. The molecule has 0 atom stereocenters. The van der Waals surface area contributed by atoms with Crippen molar-refractivity contribution in [1.29, 1.82) is 0 Å². The number of rotatable bonds is 6. The minimum atomic E-state index is -0.855. The summed E-state index contributed by atoms with van der Waals surface area (Å²) in [5, 5.41) is 8.53. The zero-order valence-electron chi connectivity index (χ0n) is 9.94. The molecule has 0 aliphatic carbocycles. The predicted molar refractivity (Wildman–Crippen MR) is 61.5 cm³/mol. The van der Waals surface area contributed by atoms with Crippen molar-refractivity contribution in [1.82, 2.24) is 4.90 Å². The van der Waals surface area contributed by atoms with E-state index >= 15 is 0 Å². The summed E-state index contributed by atoms with van der Waals surface area (Å²) in [5.41, 5.74) is 0.527. The van der Waals surface area contributed by atoms with Gasteiger partial charge in [0.15, 0.2) is 0 Å². The molecule has 0 unspecified atom stereocenters. The quantitative estimate of drug-likeness (QED) is 0.824. The maximum Gasteiger partial charge on any atom is 0.304 e. The summed E-state index contributed by atoms with van der Waals surface area (Å²) in [5.74, 6) is -0.724. The molecule has 0 saturated heterocycles. The van der Waals surface area contributed by atoms with E-state index in [0.29, 0.717) is 24.4 Å². The molecule has 94 valence electrons. The third-order valence-electron chi connectivity index (χ3n) is 2.41. The molecule has 0 heterocycles. The molecular formula is C12H16FNO3. The average Bonchev–Trinajstić information content (AvgIpc) is 2.29. The van der Waals surface area contributed by atoms with E-state index in [-0.39, 0.29) is 12.2 Å². The van der Waals surface area contributed by atoms with Crippen LogP contribution < -0.4 is 4.74 Å². The van der Waals surface area contributed by atoms with Crippen molar-refractivity contribution < 1.29 is 19.0 Å². The summed E-state index contributed by atoms with van der Waals surface area (Å²) in [4.78, 5) is 12.2. The van der Waals surface area contributed by atoms with E-state index in [1.54, 1.807) is 24.1 Å². The van der Waals surface area contributed by atoms with Gasteiger partial charge in [-0.15, -0.1) is 0 Å². The molecule has 0 radical (unpaired) electrons. The molecule has 1 aromatic carbocycles. The van der Waals surface area contributed by atoms with Gasteiger partial charge in [0.1, 0.15) is 11.6 Å². The third-order valence-corrected chi connectivity index (χ3v) is 2.41. The van der Waals surface area contributed by atoms with Crippen molar-refractivity contribution >= 4 is 5.97 Å². The summed E-state index contributed by atoms with van der Waals surface area (Å²) < 4.78 is 18.5. The van der Waals surface area contributed by atoms with E-state index in [1.165, 1.54) is 13.2 Å². The van der Waals surface area contributed by atoms with Gasteiger partial charge in [0, 0.05) is 24.7 Å². The molecule has 0 amide bonds. The molecular weight excluding hydrogens is 225 g/mol. The van der Waals surface area contributed by atoms with Crippen LogP contribution in [0, 0.1) is 5.82 Å². The second kappa shape index (κ2) is 6.20. The molecule has 5 heteroatoms. The SMILES string of the molecule is COc1ccc(CN(C)CCC(=O)O)c(F)c1. The molecule has 0 bridgehead atoms. The Morgan fingerprint density at radius 2 is 2.24 bits per heavy atom. The number of nitrogens with zero attached hydrogens (tertiary/aromatic N) is 1. The number of benzene rings is 1. The first-order chi connectivity index (χ1) is 8.02. The minimum Gasteiger partial charge on any atom is -0.497 e. The maximum atomic E-state index is 13.6. The first kappa shape index (κ1) is 13.4. The molecule has 4 nitrogen and oxygen atoms in total. The number of carboxylic acids is 1. The summed E-state index contributed by atoms with van der Waals surface area (Å²) in [6, 6.07) is 4.65. The summed E-state index contributed by atoms with van der Waals surface area (Å²) in [6.45, 7) is 0.768. The van der Waals surface area contributed by atoms with Crippen molar-refractivity contribution in [3.63, 3.8) is 0 Å². The zero-order valence-corrected chi connectivity index (χ0v) is 9.94. The number of methoxy groups -OCH3 is 1. The summed E-state index contributed by atoms with van der Waals surface area (Å²) in [6.07, 6.45) is 0.0499. The Balaban J connectivity index is 2.59. The fourth-order valence-electron chi connectivity index (χ4n) is 1.44. The number of aliphatic carboxylic acids is 1. The zero-order chi connectivity index (χ0) is 12.8. The van der Waals surface area contributed by atoms with Crippen molar-refractivity contribution in [3.05, 3.63) is 29.6 Å². The molecule has 0 spiro atoms. The van der Waals surface area contributed by atoms with E-state index < -0.39 is 5.97 Å². The van der Waals surface area contributed by atoms with Crippen LogP contribution in [0.2, 0.25) is 0 Å². The fraction of sp³-hybridized carbons (Fsp3) is 0.417. The van der Waals surface area contributed by atoms with Crippen molar-refractivity contribution in [3.8, 4) is 5.75 Å². The number of carbonyl (C=O) groups is 1. The maximum absolute atomic E-state index is 13.6. The van der Waals surface area contributed by atoms with Gasteiger partial charge in [-0.05, 0) is 13.1 Å². The van der Waals surface area contributed by atoms with Crippen LogP contribution in [-0.2, 0) is 11.3 Å². The van der Waals surface area contributed by atoms with Crippen LogP contribution in [0.25, 0.3) is 0 Å². The van der Waals surface area contributed by atoms with Crippen molar-refractivity contribution in [2.45, 2.75) is 13.0 Å². The van der Waals surface area contributed by atoms with Gasteiger partial charge in [0.25, 0.3) is 0 Å². The highest BCUT2D eigenvalue weighted by molar-refractivity contribution is 5.66. The lowest BCUT2D eigenvalue weighted by Crippen LogP contribution is -2.21. The number of carboxylic acid groups (broad SMARTS) is 1. The Hall–Kier alpha value is -1.62. The van der Waals surface area contributed by atoms with Crippen LogP contribution in [0.15, 0.2) is 18.2 Å². The van der Waals surface area contributed by atoms with Gasteiger partial charge in [0.2, 0.25) is 0 Å². The molecule has 0 fully saturated rings. The molecule has 0 aliphatic heterocycles. The first-order valence-corrected chi connectivity index (χ1v) is 5.25. The largest absolute Gasteiger partial charge is 0.497 e. The van der Waals surface area contributed by atoms with Crippen LogP contribution in [0.4, 0.5) is 4.39 Å². The average molecular weight is 241 g/mol. The molecule has 0 aromatic heterocycles. The monoisotopic (exact) mass is 241 g/mol. The van der Waals surface area contributed by atoms with Gasteiger partial charge >= 0.3 is 5.97 Å². The van der Waals surface area contributed by atoms with Crippen molar-refractivity contribution in [2.75, 3.05) is 20.7 Å². The van der Waals surface area contributed by atoms with Crippen molar-refractivity contribution in [2.24, 2.45) is 0 Å². The van der Waals surface area contributed by atoms with Gasteiger partial charge in [-0.2, -0.15) is 0 Å². The van der Waals surface area contributed by atoms with Gasteiger partial charge < -0.3 is 14.7 Å². The second-order valence-electron chi connectivity index (χ2n) is 3.84. The van der Waals surface area contributed by atoms with E-state index in [0.717, 1.165) is 0 Å². The lowest BCUT2D eigenvalue weighted by molar-refractivity contribution is -0.137. The fourth-order valence-corrected chi connectivity index (χ4v) is 1.44. The lowest BCUT2D eigenvalue weighted by Gasteiger charge is -2.16. The standard InChI is InChI=1S/C12H16FNO3/c1-14(6-5-12(15)16)8-9-3-4-10(17-2)7-11(9)13/h3-4,7H,5-6,8H2,1-2H3,(H,15,16). The Morgan fingerprint density at radius 1 is 1.53 bits per heavy atom. The van der Waals surface area contributed by atoms with Crippen LogP contribution in [-0.4, -0.2) is 36.7 Å². The highest BCUT2D eigenvalue weighted by Crippen LogP contribution is 2.17. The number of ether oxygens (including phenoxy) is 1.